The maximum Gasteiger partial charge on any atom is 0.276 e. The van der Waals surface area contributed by atoms with Crippen LogP contribution in [0.5, 0.6) is 0 Å². The van der Waals surface area contributed by atoms with Gasteiger partial charge in [-0.2, -0.15) is 5.10 Å². The van der Waals surface area contributed by atoms with E-state index in [1.165, 1.54) is 0 Å². The number of hydrogen-bond donors (Lipinski definition) is 1. The van der Waals surface area contributed by atoms with Gasteiger partial charge in [-0.25, -0.2) is 4.68 Å². The van der Waals surface area contributed by atoms with Crippen molar-refractivity contribution < 1.29 is 9.59 Å². The van der Waals surface area contributed by atoms with Gasteiger partial charge in [0.25, 0.3) is 5.91 Å². The number of carbonyl (C=O) groups is 2. The molecule has 0 saturated heterocycles. The van der Waals surface area contributed by atoms with E-state index in [2.05, 4.69) is 10.4 Å². The minimum absolute atomic E-state index is 0.179. The van der Waals surface area contributed by atoms with Crippen LogP contribution in [0.1, 0.15) is 26.5 Å². The maximum absolute atomic E-state index is 13.8. The highest BCUT2D eigenvalue weighted by atomic mass is 16.2. The van der Waals surface area contributed by atoms with E-state index in [-0.39, 0.29) is 17.4 Å². The van der Waals surface area contributed by atoms with Crippen LogP contribution in [0, 0.1) is 0 Å². The van der Waals surface area contributed by atoms with Crippen LogP contribution in [0.15, 0.2) is 121 Å². The zero-order valence-electron chi connectivity index (χ0n) is 18.3. The second-order valence-electron chi connectivity index (χ2n) is 7.70. The number of para-hydroxylation sites is 2. The summed E-state index contributed by atoms with van der Waals surface area (Å²) >= 11 is 0. The van der Waals surface area contributed by atoms with Crippen molar-refractivity contribution in [3.05, 3.63) is 138 Å². The van der Waals surface area contributed by atoms with E-state index >= 15 is 0 Å². The fourth-order valence-corrected chi connectivity index (χ4v) is 3.86. The van der Waals surface area contributed by atoms with E-state index in [0.29, 0.717) is 28.2 Å². The second-order valence-corrected chi connectivity index (χ2v) is 7.70. The summed E-state index contributed by atoms with van der Waals surface area (Å²) in [5, 5.41) is 7.60. The Morgan fingerprint density at radius 1 is 0.647 bits per heavy atom. The van der Waals surface area contributed by atoms with Crippen LogP contribution in [0.25, 0.3) is 16.8 Å². The molecule has 34 heavy (non-hydrogen) atoms. The van der Waals surface area contributed by atoms with Crippen molar-refractivity contribution in [2.75, 3.05) is 5.32 Å². The number of rotatable bonds is 6. The Kier molecular flexibility index (Phi) is 5.82. The molecule has 0 aliphatic rings. The van der Waals surface area contributed by atoms with E-state index in [1.54, 1.807) is 16.8 Å². The average molecular weight is 444 g/mol. The molecule has 1 heterocycles. The van der Waals surface area contributed by atoms with Gasteiger partial charge in [0, 0.05) is 16.8 Å². The normalized spacial score (nSPS) is 10.6. The van der Waals surface area contributed by atoms with Gasteiger partial charge in [-0.1, -0.05) is 97.1 Å². The minimum Gasteiger partial charge on any atom is -0.321 e. The van der Waals surface area contributed by atoms with Gasteiger partial charge in [0.2, 0.25) is 5.78 Å². The third-order valence-electron chi connectivity index (χ3n) is 5.45. The number of ketones is 1. The third-order valence-corrected chi connectivity index (χ3v) is 5.45. The van der Waals surface area contributed by atoms with Crippen LogP contribution in [0.3, 0.4) is 0 Å². The van der Waals surface area contributed by atoms with Crippen molar-refractivity contribution in [3.8, 4) is 16.8 Å². The minimum atomic E-state index is -0.387. The summed E-state index contributed by atoms with van der Waals surface area (Å²) in [6.45, 7) is 0. The number of anilines is 1. The molecule has 0 aliphatic carbocycles. The Morgan fingerprint density at radius 2 is 1.18 bits per heavy atom. The van der Waals surface area contributed by atoms with Gasteiger partial charge >= 0.3 is 0 Å². The van der Waals surface area contributed by atoms with Crippen LogP contribution >= 0.6 is 0 Å². The van der Waals surface area contributed by atoms with Crippen LogP contribution in [0.4, 0.5) is 5.69 Å². The molecule has 1 N–H and O–H groups in total. The summed E-state index contributed by atoms with van der Waals surface area (Å²) in [5.74, 6) is -0.601. The molecule has 0 unspecified atom stereocenters. The first-order valence-electron chi connectivity index (χ1n) is 10.9. The van der Waals surface area contributed by atoms with Crippen LogP contribution in [0.2, 0.25) is 0 Å². The quantitative estimate of drug-likeness (QED) is 0.326. The maximum atomic E-state index is 13.8. The molecular weight excluding hydrogens is 422 g/mol. The molecule has 0 saturated carbocycles. The van der Waals surface area contributed by atoms with Gasteiger partial charge in [-0.15, -0.1) is 0 Å². The monoisotopic (exact) mass is 443 g/mol. The van der Waals surface area contributed by atoms with Crippen molar-refractivity contribution in [1.82, 2.24) is 9.78 Å². The van der Waals surface area contributed by atoms with Crippen LogP contribution < -0.4 is 5.32 Å². The molecule has 1 aromatic heterocycles. The summed E-state index contributed by atoms with van der Waals surface area (Å²) < 4.78 is 1.57. The summed E-state index contributed by atoms with van der Waals surface area (Å²) in [7, 11) is 0. The lowest BCUT2D eigenvalue weighted by atomic mass is 9.97. The zero-order valence-corrected chi connectivity index (χ0v) is 18.3. The number of aromatic nitrogens is 2. The van der Waals surface area contributed by atoms with E-state index in [0.717, 1.165) is 5.56 Å². The van der Waals surface area contributed by atoms with Gasteiger partial charge in [0.1, 0.15) is 5.69 Å². The first-order valence-corrected chi connectivity index (χ1v) is 10.9. The van der Waals surface area contributed by atoms with Crippen molar-refractivity contribution in [2.24, 2.45) is 0 Å². The van der Waals surface area contributed by atoms with Gasteiger partial charge in [0.15, 0.2) is 5.69 Å². The van der Waals surface area contributed by atoms with Gasteiger partial charge in [0.05, 0.1) is 5.69 Å². The molecule has 5 rings (SSSR count). The highest BCUT2D eigenvalue weighted by Crippen LogP contribution is 2.32. The molecule has 0 aliphatic heterocycles. The Bertz CT molecular complexity index is 1430. The molecular formula is C29H21N3O2. The summed E-state index contributed by atoms with van der Waals surface area (Å²) in [6.07, 6.45) is 0. The predicted octanol–water partition coefficient (Wildman–Crippen LogP) is 6.02. The van der Waals surface area contributed by atoms with Crippen LogP contribution in [-0.2, 0) is 0 Å². The fraction of sp³-hybridized carbons (Fsp3) is 0. The Morgan fingerprint density at radius 3 is 1.79 bits per heavy atom. The van der Waals surface area contributed by atoms with Crippen molar-refractivity contribution in [1.29, 1.82) is 0 Å². The first kappa shape index (κ1) is 21.1. The lowest BCUT2D eigenvalue weighted by molar-refractivity contribution is 0.101. The van der Waals surface area contributed by atoms with E-state index in [9.17, 15) is 9.59 Å². The number of benzene rings is 4. The number of amides is 1. The smallest absolute Gasteiger partial charge is 0.276 e. The van der Waals surface area contributed by atoms with E-state index in [1.807, 2.05) is 109 Å². The second kappa shape index (κ2) is 9.38. The lowest BCUT2D eigenvalue weighted by Crippen LogP contribution is -2.14. The van der Waals surface area contributed by atoms with Crippen LogP contribution in [-0.4, -0.2) is 21.5 Å². The molecule has 0 bridgehead atoms. The van der Waals surface area contributed by atoms with E-state index < -0.39 is 0 Å². The topological polar surface area (TPSA) is 64.0 Å². The zero-order chi connectivity index (χ0) is 23.3. The average Bonchev–Trinajstić information content (AvgIpc) is 3.31. The van der Waals surface area contributed by atoms with E-state index in [4.69, 9.17) is 0 Å². The molecule has 0 fully saturated rings. The standard InChI is InChI=1S/C29H21N3O2/c33-28(22-15-7-2-8-16-22)27-25(21-13-5-1-6-14-21)26(29(34)30-23-17-9-3-10-18-23)31-32(27)24-19-11-4-12-20-24/h1-20H,(H,30,34). The van der Waals surface area contributed by atoms with Gasteiger partial charge in [-0.05, 0) is 29.8 Å². The molecule has 5 heteroatoms. The van der Waals surface area contributed by atoms with Gasteiger partial charge < -0.3 is 5.32 Å². The largest absolute Gasteiger partial charge is 0.321 e. The number of nitrogens with one attached hydrogen (secondary N) is 1. The fourth-order valence-electron chi connectivity index (χ4n) is 3.86. The Hall–Kier alpha value is -4.77. The van der Waals surface area contributed by atoms with Crippen molar-refractivity contribution in [2.45, 2.75) is 0 Å². The molecule has 4 aromatic carbocycles. The number of carbonyl (C=O) groups excluding carboxylic acids is 2. The van der Waals surface area contributed by atoms with Crippen molar-refractivity contribution >= 4 is 17.4 Å². The highest BCUT2D eigenvalue weighted by Gasteiger charge is 2.29. The predicted molar refractivity (Wildman–Crippen MR) is 133 cm³/mol. The molecule has 0 radical (unpaired) electrons. The number of nitrogens with zero attached hydrogens (tertiary/aromatic N) is 2. The molecule has 5 nitrogen and oxygen atoms in total. The lowest BCUT2D eigenvalue weighted by Gasteiger charge is -2.10. The molecule has 164 valence electrons. The SMILES string of the molecule is O=C(Nc1ccccc1)c1nn(-c2ccccc2)c(C(=O)c2ccccc2)c1-c1ccccc1. The van der Waals surface area contributed by atoms with Crippen molar-refractivity contribution in [3.63, 3.8) is 0 Å². The highest BCUT2D eigenvalue weighted by molar-refractivity contribution is 6.16. The van der Waals surface area contributed by atoms with Gasteiger partial charge in [-0.3, -0.25) is 9.59 Å². The summed E-state index contributed by atoms with van der Waals surface area (Å²) in [6, 6.07) is 37.0. The molecule has 5 aromatic rings. The Labute approximate surface area is 197 Å². The molecule has 0 spiro atoms. The first-order chi connectivity index (χ1) is 16.7. The number of hydrogen-bond acceptors (Lipinski definition) is 3. The molecule has 0 atom stereocenters. The summed E-state index contributed by atoms with van der Waals surface area (Å²) in [5.41, 5.74) is 3.61. The summed E-state index contributed by atoms with van der Waals surface area (Å²) in [4.78, 5) is 27.3. The third kappa shape index (κ3) is 4.14. The molecule has 1 amide bonds. The Balaban J connectivity index is 1.75.